The summed E-state index contributed by atoms with van der Waals surface area (Å²) in [4.78, 5) is 89.1. The minimum atomic E-state index is -0.736. The quantitative estimate of drug-likeness (QED) is 0.0781. The first-order valence-corrected chi connectivity index (χ1v) is 39.4. The maximum Gasteiger partial charge on any atom is 0.424 e. The van der Waals surface area contributed by atoms with E-state index < -0.39 is 58.5 Å². The molecule has 0 radical (unpaired) electrons. The lowest BCUT2D eigenvalue weighted by atomic mass is 9.54. The zero-order valence-corrected chi connectivity index (χ0v) is 66.8. The predicted molar refractivity (Wildman–Crippen MR) is 431 cm³/mol. The van der Waals surface area contributed by atoms with Gasteiger partial charge in [0.25, 0.3) is 0 Å². The van der Waals surface area contributed by atoms with Crippen molar-refractivity contribution >= 4 is 71.1 Å². The molecule has 4 bridgehead atoms. The average Bonchev–Trinajstić information content (AvgIpc) is 0.749. The van der Waals surface area contributed by atoms with E-state index >= 15 is 0 Å². The molecular formula is C89H129N5O14. The fourth-order valence-electron chi connectivity index (χ4n) is 15.5. The number of ether oxygens (including phenoxy) is 7. The van der Waals surface area contributed by atoms with Gasteiger partial charge in [-0.05, 0) is 276 Å². The second kappa shape index (κ2) is 40.7. The lowest BCUT2D eigenvalue weighted by molar-refractivity contribution is -0.124. The van der Waals surface area contributed by atoms with E-state index in [1.165, 1.54) is 51.4 Å². The molecule has 7 fully saturated rings. The highest BCUT2D eigenvalue weighted by Gasteiger charge is 2.53. The van der Waals surface area contributed by atoms with E-state index in [4.69, 9.17) is 33.2 Å². The number of benzene rings is 5. The van der Waals surface area contributed by atoms with Gasteiger partial charge in [0.2, 0.25) is 0 Å². The van der Waals surface area contributed by atoms with Crippen molar-refractivity contribution in [3.63, 3.8) is 0 Å². The van der Waals surface area contributed by atoms with Crippen molar-refractivity contribution in [2.24, 2.45) is 35.5 Å². The van der Waals surface area contributed by atoms with Crippen LogP contribution in [0.5, 0.6) is 0 Å². The van der Waals surface area contributed by atoms with Crippen molar-refractivity contribution in [2.45, 2.75) is 298 Å². The Morgan fingerprint density at radius 1 is 0.352 bits per heavy atom. The molecule has 5 aromatic carbocycles. The van der Waals surface area contributed by atoms with Crippen molar-refractivity contribution in [3.05, 3.63) is 152 Å². The third-order valence-electron chi connectivity index (χ3n) is 21.8. The zero-order chi connectivity index (χ0) is 78.1. The van der Waals surface area contributed by atoms with E-state index in [1.54, 1.807) is 76.2 Å². The summed E-state index contributed by atoms with van der Waals surface area (Å²) < 4.78 is 39.5. The molecule has 5 aromatic rings. The number of carbonyl (C=O) groups is 7. The molecule has 12 rings (SSSR count). The van der Waals surface area contributed by atoms with E-state index in [0.29, 0.717) is 42.0 Å². The number of nitrogens with one attached hydrogen (secondary N) is 3. The predicted octanol–water partition coefficient (Wildman–Crippen LogP) is 25.1. The smallest absolute Gasteiger partial charge is 0.424 e. The van der Waals surface area contributed by atoms with Gasteiger partial charge >= 0.3 is 42.7 Å². The summed E-state index contributed by atoms with van der Waals surface area (Å²) in [6.45, 7) is 28.4. The molecule has 19 nitrogen and oxygen atoms in total. The molecule has 0 aliphatic heterocycles. The highest BCUT2D eigenvalue weighted by molar-refractivity contribution is 6.10. The van der Waals surface area contributed by atoms with E-state index in [-0.39, 0.29) is 30.8 Å². The van der Waals surface area contributed by atoms with E-state index in [0.717, 1.165) is 128 Å². The molecule has 3 N–H and O–H groups in total. The Labute approximate surface area is 645 Å². The standard InChI is InChI=1S/C26H39NO4.C18H27NO4.C17H21NO2.C16H23NO2.C11H15NO2.CH4/c1-25(2,20-14-8-5-9-15-20)30-23(28)27(22-18-12-7-13-19-22)24(29)31-26(3,4)21-16-10-6-11-17-21;1-7-17(3,4)22-15(20)19(14-12-10-9-11-13-14)16(21)23-18(5,6)8-2;19-16(18-15-4-2-1-3-5-15)20-17-9-12-6-13(10-17)8-14(7-12)11-17;1-16(2,13-9-5-3-6-10-13)19-15(18)17-14-11-7-4-8-12-14;1-11(2,3)14-10(13)12-9-7-5-4-6-8-9;/h7,12-13,18-21H,5-6,8-11,14-17H2,1-4H3;9-13H,7-8H2,1-6H3;1-5,12-14H,6-11H2,(H,18,19);4,7-8,11-13H,3,5-6,9-10H2,1-2H3,(H,17,18);4-8H,1-3H3,(H,12,13);1H4. The third-order valence-corrected chi connectivity index (χ3v) is 21.8. The Bertz CT molecular complexity index is 3450. The second-order valence-corrected chi connectivity index (χ2v) is 33.7. The number of imide groups is 2. The van der Waals surface area contributed by atoms with Gasteiger partial charge in [-0.1, -0.05) is 170 Å². The summed E-state index contributed by atoms with van der Waals surface area (Å²) in [5.74, 6) is 3.47. The molecule has 0 saturated heterocycles. The fraction of sp³-hybridized carbons (Fsp3) is 0.584. The minimum Gasteiger partial charge on any atom is -0.444 e. The molecule has 108 heavy (non-hydrogen) atoms. The number of rotatable bonds is 16. The van der Waals surface area contributed by atoms with Gasteiger partial charge in [0.1, 0.15) is 39.2 Å². The molecule has 0 heterocycles. The second-order valence-electron chi connectivity index (χ2n) is 33.7. The molecule has 0 atom stereocenters. The largest absolute Gasteiger partial charge is 0.444 e. The molecule has 0 aromatic heterocycles. The monoisotopic (exact) mass is 1490 g/mol. The number of amides is 7. The molecule has 594 valence electrons. The maximum atomic E-state index is 13.3. The first kappa shape index (κ1) is 88.3. The van der Waals surface area contributed by atoms with Crippen LogP contribution in [-0.2, 0) is 33.2 Å². The highest BCUT2D eigenvalue weighted by atomic mass is 16.6. The summed E-state index contributed by atoms with van der Waals surface area (Å²) in [5.41, 5.74) is -0.400. The van der Waals surface area contributed by atoms with Gasteiger partial charge in [-0.25, -0.2) is 33.6 Å². The van der Waals surface area contributed by atoms with Crippen LogP contribution in [0.25, 0.3) is 0 Å². The van der Waals surface area contributed by atoms with Gasteiger partial charge < -0.3 is 33.2 Å². The Kier molecular flexibility index (Phi) is 33.3. The van der Waals surface area contributed by atoms with E-state index in [9.17, 15) is 33.6 Å². The van der Waals surface area contributed by atoms with Crippen LogP contribution in [0.1, 0.15) is 259 Å². The Morgan fingerprint density at radius 3 is 0.898 bits per heavy atom. The summed E-state index contributed by atoms with van der Waals surface area (Å²) in [7, 11) is 0. The normalized spacial score (nSPS) is 19.3. The van der Waals surface area contributed by atoms with Crippen LogP contribution >= 0.6 is 0 Å². The topological polar surface area (TPSA) is 227 Å². The average molecular weight is 1490 g/mol. The van der Waals surface area contributed by atoms with Crippen LogP contribution in [0.15, 0.2) is 152 Å². The van der Waals surface area contributed by atoms with Gasteiger partial charge in [0, 0.05) is 17.1 Å². The van der Waals surface area contributed by atoms with Crippen molar-refractivity contribution < 1.29 is 66.7 Å². The van der Waals surface area contributed by atoms with Gasteiger partial charge in [0.15, 0.2) is 0 Å². The summed E-state index contributed by atoms with van der Waals surface area (Å²) in [5, 5.41) is 8.27. The van der Waals surface area contributed by atoms with Crippen LogP contribution in [-0.4, -0.2) is 81.9 Å². The zero-order valence-electron chi connectivity index (χ0n) is 66.8. The van der Waals surface area contributed by atoms with E-state index in [2.05, 4.69) is 16.0 Å². The van der Waals surface area contributed by atoms with Crippen molar-refractivity contribution in [1.29, 1.82) is 0 Å². The minimum absolute atomic E-state index is 0. The number of anilines is 5. The lowest BCUT2D eigenvalue weighted by Gasteiger charge is -2.55. The number of hydrogen-bond donors (Lipinski definition) is 3. The van der Waals surface area contributed by atoms with Crippen molar-refractivity contribution in [2.75, 3.05) is 25.8 Å². The van der Waals surface area contributed by atoms with Gasteiger partial charge in [-0.2, -0.15) is 9.80 Å². The van der Waals surface area contributed by atoms with Gasteiger partial charge in [0.05, 0.1) is 11.4 Å². The van der Waals surface area contributed by atoms with Crippen LogP contribution in [0.3, 0.4) is 0 Å². The molecule has 19 heteroatoms. The fourth-order valence-corrected chi connectivity index (χ4v) is 15.5. The summed E-state index contributed by atoms with van der Waals surface area (Å²) in [6.07, 6.45) is 22.2. The number of para-hydroxylation sites is 5. The van der Waals surface area contributed by atoms with Gasteiger partial charge in [-0.3, -0.25) is 16.0 Å². The van der Waals surface area contributed by atoms with E-state index in [1.807, 2.05) is 179 Å². The number of nitrogens with zero attached hydrogens (tertiary/aromatic N) is 2. The lowest BCUT2D eigenvalue weighted by Crippen LogP contribution is -2.53. The van der Waals surface area contributed by atoms with Crippen LogP contribution in [0, 0.1) is 35.5 Å². The molecule has 7 amide bonds. The first-order chi connectivity index (χ1) is 50.6. The van der Waals surface area contributed by atoms with Crippen LogP contribution in [0.2, 0.25) is 0 Å². The van der Waals surface area contributed by atoms with Crippen LogP contribution < -0.4 is 25.8 Å². The molecule has 7 aliphatic carbocycles. The highest BCUT2D eigenvalue weighted by Crippen LogP contribution is 2.57. The van der Waals surface area contributed by atoms with Crippen molar-refractivity contribution in [3.8, 4) is 0 Å². The van der Waals surface area contributed by atoms with Crippen LogP contribution in [0.4, 0.5) is 62.0 Å². The summed E-state index contributed by atoms with van der Waals surface area (Å²) in [6, 6.07) is 45.8. The molecule has 7 aliphatic rings. The Morgan fingerprint density at radius 2 is 0.611 bits per heavy atom. The number of carbonyl (C=O) groups excluding carboxylic acids is 7. The maximum absolute atomic E-state index is 13.3. The third kappa shape index (κ3) is 28.8. The van der Waals surface area contributed by atoms with Crippen molar-refractivity contribution in [1.82, 2.24) is 0 Å². The Balaban J connectivity index is 0.000000215. The first-order valence-electron chi connectivity index (χ1n) is 39.4. The number of hydrogen-bond acceptors (Lipinski definition) is 14. The Hall–Kier alpha value is -8.61. The summed E-state index contributed by atoms with van der Waals surface area (Å²) >= 11 is 0. The molecule has 0 unspecified atom stereocenters. The van der Waals surface area contributed by atoms with Gasteiger partial charge in [-0.15, -0.1) is 0 Å². The SMILES string of the molecule is C.CC(C)(C)OC(=O)Nc1ccccc1.CC(C)(OC(=O)N(C(=O)OC(C)(C)C1CCCCC1)c1ccccc1)C1CCCCC1.CC(C)(OC(=O)Nc1ccccc1)C1CCCCC1.CCC(C)(C)OC(=O)N(C(=O)OC(C)(C)CC)c1ccccc1.O=C(Nc1ccccc1)OC12CC3CC(CC(C3)C1)C2. The molecular weight excluding hydrogens is 1360 g/mol. The molecule has 7 saturated carbocycles. The molecule has 0 spiro atoms.